The van der Waals surface area contributed by atoms with Gasteiger partial charge >= 0.3 is 0 Å². The van der Waals surface area contributed by atoms with Crippen molar-refractivity contribution in [2.45, 2.75) is 33.2 Å². The highest BCUT2D eigenvalue weighted by Gasteiger charge is 2.60. The van der Waals surface area contributed by atoms with Gasteiger partial charge in [0.1, 0.15) is 6.04 Å². The molecule has 6 heteroatoms. The van der Waals surface area contributed by atoms with Crippen molar-refractivity contribution in [2.24, 2.45) is 23.7 Å². The molecule has 3 aliphatic rings. The first-order valence-corrected chi connectivity index (χ1v) is 9.71. The van der Waals surface area contributed by atoms with E-state index in [1.54, 1.807) is 6.92 Å². The van der Waals surface area contributed by atoms with Crippen LogP contribution in [0.25, 0.3) is 0 Å². The third kappa shape index (κ3) is 2.46. The Hall–Kier alpha value is -1.95. The van der Waals surface area contributed by atoms with Gasteiger partial charge in [-0.1, -0.05) is 28.1 Å². The van der Waals surface area contributed by atoms with Crippen LogP contribution in [0.2, 0.25) is 0 Å². The summed E-state index contributed by atoms with van der Waals surface area (Å²) >= 11 is 3.47. The van der Waals surface area contributed by atoms with Gasteiger partial charge < -0.3 is 5.32 Å². The first kappa shape index (κ1) is 17.5. The number of carbonyl (C=O) groups excluding carboxylic acids is 3. The van der Waals surface area contributed by atoms with Crippen molar-refractivity contribution in [1.82, 2.24) is 4.90 Å². The number of hydrogen-bond donors (Lipinski definition) is 1. The number of amides is 3. The molecular formula is C20H21BrN2O3. The lowest BCUT2D eigenvalue weighted by Crippen LogP contribution is -2.46. The molecule has 2 aliphatic carbocycles. The Bertz CT molecular complexity index is 833. The van der Waals surface area contributed by atoms with E-state index in [0.29, 0.717) is 5.69 Å². The molecule has 1 aromatic rings. The molecule has 2 fully saturated rings. The Morgan fingerprint density at radius 3 is 2.27 bits per heavy atom. The van der Waals surface area contributed by atoms with Crippen molar-refractivity contribution < 1.29 is 14.4 Å². The van der Waals surface area contributed by atoms with E-state index in [-0.39, 0.29) is 41.4 Å². The second-order valence-electron chi connectivity index (χ2n) is 7.63. The summed E-state index contributed by atoms with van der Waals surface area (Å²) in [4.78, 5) is 39.6. The predicted molar refractivity (Wildman–Crippen MR) is 101 cm³/mol. The van der Waals surface area contributed by atoms with Gasteiger partial charge in [0.2, 0.25) is 17.7 Å². The number of likely N-dealkylation sites (tertiary alicyclic amines) is 1. The predicted octanol–water partition coefficient (Wildman–Crippen LogP) is 3.20. The topological polar surface area (TPSA) is 66.5 Å². The summed E-state index contributed by atoms with van der Waals surface area (Å²) in [5.74, 6) is -0.965. The van der Waals surface area contributed by atoms with Gasteiger partial charge in [0.25, 0.3) is 0 Å². The lowest BCUT2D eigenvalue weighted by atomic mass is 9.85. The SMILES string of the molecule is Cc1cc(NC(=O)[C@H](C)N2C(=O)[C@@H]3[C@H](C2=O)[C@H]2C=C[C@H]3C2)c(C)cc1Br. The fourth-order valence-electron chi connectivity index (χ4n) is 4.58. The number of fused-ring (bicyclic) bond motifs is 5. The van der Waals surface area contributed by atoms with Crippen LogP contribution in [0.5, 0.6) is 0 Å². The van der Waals surface area contributed by atoms with Crippen molar-refractivity contribution in [2.75, 3.05) is 5.32 Å². The summed E-state index contributed by atoms with van der Waals surface area (Å²) in [5, 5.41) is 2.88. The third-order valence-corrected chi connectivity index (χ3v) is 6.89. The van der Waals surface area contributed by atoms with E-state index in [2.05, 4.69) is 33.4 Å². The minimum atomic E-state index is -0.816. The average Bonchev–Trinajstić information content (AvgIpc) is 3.26. The number of aryl methyl sites for hydroxylation is 2. The Balaban J connectivity index is 1.54. The normalized spacial score (nSPS) is 30.1. The Morgan fingerprint density at radius 2 is 1.69 bits per heavy atom. The number of rotatable bonds is 3. The number of benzene rings is 1. The van der Waals surface area contributed by atoms with Gasteiger partial charge in [-0.2, -0.15) is 0 Å². The molecule has 1 aromatic carbocycles. The number of allylic oxidation sites excluding steroid dienone is 2. The van der Waals surface area contributed by atoms with E-state index >= 15 is 0 Å². The molecule has 4 rings (SSSR count). The molecule has 1 saturated heterocycles. The third-order valence-electron chi connectivity index (χ3n) is 6.03. The first-order valence-electron chi connectivity index (χ1n) is 8.92. The second kappa shape index (κ2) is 6.05. The Kier molecular flexibility index (Phi) is 4.06. The quantitative estimate of drug-likeness (QED) is 0.607. The highest BCUT2D eigenvalue weighted by atomic mass is 79.9. The maximum absolute atomic E-state index is 12.8. The summed E-state index contributed by atoms with van der Waals surface area (Å²) in [5.41, 5.74) is 2.62. The van der Waals surface area contributed by atoms with Gasteiger partial charge in [-0.25, -0.2) is 0 Å². The van der Waals surface area contributed by atoms with E-state index in [1.165, 1.54) is 4.90 Å². The lowest BCUT2D eigenvalue weighted by Gasteiger charge is -2.24. The monoisotopic (exact) mass is 416 g/mol. The molecule has 2 bridgehead atoms. The zero-order chi connectivity index (χ0) is 18.7. The van der Waals surface area contributed by atoms with Crippen molar-refractivity contribution >= 4 is 39.3 Å². The zero-order valence-corrected chi connectivity index (χ0v) is 16.5. The maximum Gasteiger partial charge on any atom is 0.247 e. The van der Waals surface area contributed by atoms with Gasteiger partial charge in [-0.3, -0.25) is 19.3 Å². The molecule has 0 unspecified atom stereocenters. The molecule has 1 N–H and O–H groups in total. The van der Waals surface area contributed by atoms with Crippen LogP contribution in [0, 0.1) is 37.5 Å². The molecule has 1 heterocycles. The zero-order valence-electron chi connectivity index (χ0n) is 15.0. The molecule has 26 heavy (non-hydrogen) atoms. The number of anilines is 1. The van der Waals surface area contributed by atoms with Gasteiger partial charge in [0.15, 0.2) is 0 Å². The molecule has 0 spiro atoms. The minimum absolute atomic E-state index is 0.151. The van der Waals surface area contributed by atoms with Crippen molar-refractivity contribution in [3.63, 3.8) is 0 Å². The Labute approximate surface area is 160 Å². The second-order valence-corrected chi connectivity index (χ2v) is 8.48. The average molecular weight is 417 g/mol. The summed E-state index contributed by atoms with van der Waals surface area (Å²) in [6, 6.07) is 3.01. The summed E-state index contributed by atoms with van der Waals surface area (Å²) < 4.78 is 0.974. The summed E-state index contributed by atoms with van der Waals surface area (Å²) in [7, 11) is 0. The fourth-order valence-corrected chi connectivity index (χ4v) is 5.03. The fraction of sp³-hybridized carbons (Fsp3) is 0.450. The van der Waals surface area contributed by atoms with Crippen LogP contribution in [0.15, 0.2) is 28.8 Å². The number of hydrogen-bond acceptors (Lipinski definition) is 3. The van der Waals surface area contributed by atoms with Gasteiger partial charge in [0.05, 0.1) is 11.8 Å². The number of halogens is 1. The van der Waals surface area contributed by atoms with E-state index < -0.39 is 6.04 Å². The van der Waals surface area contributed by atoms with Gasteiger partial charge in [-0.05, 0) is 62.3 Å². The molecule has 136 valence electrons. The van der Waals surface area contributed by atoms with E-state index in [0.717, 1.165) is 22.0 Å². The van der Waals surface area contributed by atoms with Crippen LogP contribution < -0.4 is 5.32 Å². The van der Waals surface area contributed by atoms with Crippen LogP contribution >= 0.6 is 15.9 Å². The number of imide groups is 1. The molecule has 1 saturated carbocycles. The Morgan fingerprint density at radius 1 is 1.12 bits per heavy atom. The molecule has 1 aliphatic heterocycles. The molecule has 3 amide bonds. The van der Waals surface area contributed by atoms with Crippen molar-refractivity contribution in [1.29, 1.82) is 0 Å². The number of nitrogens with one attached hydrogen (secondary N) is 1. The summed E-state index contributed by atoms with van der Waals surface area (Å²) in [6.07, 6.45) is 5.00. The summed E-state index contributed by atoms with van der Waals surface area (Å²) in [6.45, 7) is 5.48. The van der Waals surface area contributed by atoms with Crippen LogP contribution in [0.3, 0.4) is 0 Å². The van der Waals surface area contributed by atoms with Crippen LogP contribution in [-0.4, -0.2) is 28.7 Å². The molecule has 5 nitrogen and oxygen atoms in total. The van der Waals surface area contributed by atoms with Gasteiger partial charge in [-0.15, -0.1) is 0 Å². The smallest absolute Gasteiger partial charge is 0.247 e. The minimum Gasteiger partial charge on any atom is -0.324 e. The molecule has 0 aromatic heterocycles. The van der Waals surface area contributed by atoms with Crippen LogP contribution in [-0.2, 0) is 14.4 Å². The van der Waals surface area contributed by atoms with Crippen molar-refractivity contribution in [3.8, 4) is 0 Å². The molecule has 0 radical (unpaired) electrons. The van der Waals surface area contributed by atoms with Crippen molar-refractivity contribution in [3.05, 3.63) is 39.9 Å². The number of nitrogens with zero attached hydrogens (tertiary/aromatic N) is 1. The number of carbonyl (C=O) groups is 3. The standard InChI is InChI=1S/C20H21BrN2O3/c1-9-7-15(10(2)6-14(9)21)22-18(24)11(3)23-19(25)16-12-4-5-13(8-12)17(16)20(23)26/h4-7,11-13,16-17H,8H2,1-3H3,(H,22,24)/t11-,12-,13-,16-,17+/m0/s1. The largest absolute Gasteiger partial charge is 0.324 e. The first-order chi connectivity index (χ1) is 12.3. The van der Waals surface area contributed by atoms with E-state index in [9.17, 15) is 14.4 Å². The maximum atomic E-state index is 12.8. The van der Waals surface area contributed by atoms with E-state index in [4.69, 9.17) is 0 Å². The van der Waals surface area contributed by atoms with E-state index in [1.807, 2.05) is 26.0 Å². The van der Waals surface area contributed by atoms with Crippen LogP contribution in [0.4, 0.5) is 5.69 Å². The van der Waals surface area contributed by atoms with Crippen LogP contribution in [0.1, 0.15) is 24.5 Å². The lowest BCUT2D eigenvalue weighted by molar-refractivity contribution is -0.146. The molecule has 5 atom stereocenters. The molecular weight excluding hydrogens is 396 g/mol. The highest BCUT2D eigenvalue weighted by molar-refractivity contribution is 9.10. The highest BCUT2D eigenvalue weighted by Crippen LogP contribution is 2.52. The van der Waals surface area contributed by atoms with Gasteiger partial charge in [0, 0.05) is 10.2 Å².